The van der Waals surface area contributed by atoms with E-state index >= 15 is 0 Å². The van der Waals surface area contributed by atoms with Gasteiger partial charge >= 0.3 is 0 Å². The van der Waals surface area contributed by atoms with Gasteiger partial charge in [0.15, 0.2) is 0 Å². The zero-order valence-corrected chi connectivity index (χ0v) is 14.9. The zero-order chi connectivity index (χ0) is 14.4. The summed E-state index contributed by atoms with van der Waals surface area (Å²) in [6.45, 7) is 5.27. The van der Waals surface area contributed by atoms with Crippen molar-refractivity contribution in [1.82, 2.24) is 9.97 Å². The molecule has 0 radical (unpaired) electrons. The molecule has 0 saturated heterocycles. The minimum Gasteiger partial charge on any atom is -0.369 e. The molecule has 0 spiro atoms. The van der Waals surface area contributed by atoms with Crippen molar-refractivity contribution in [2.45, 2.75) is 71.1 Å². The van der Waals surface area contributed by atoms with E-state index in [1.165, 1.54) is 47.8 Å². The van der Waals surface area contributed by atoms with E-state index in [4.69, 9.17) is 9.97 Å². The van der Waals surface area contributed by atoms with Gasteiger partial charge in [-0.3, -0.25) is 0 Å². The number of anilines is 1. The van der Waals surface area contributed by atoms with E-state index in [-0.39, 0.29) is 0 Å². The average Bonchev–Trinajstić information content (AvgIpc) is 2.72. The molecule has 1 fully saturated rings. The first kappa shape index (κ1) is 16.0. The van der Waals surface area contributed by atoms with Crippen LogP contribution in [0.1, 0.15) is 76.2 Å². The van der Waals surface area contributed by atoms with Crippen molar-refractivity contribution in [3.8, 4) is 0 Å². The second-order valence-electron chi connectivity index (χ2n) is 5.66. The van der Waals surface area contributed by atoms with Crippen LogP contribution in [0.3, 0.4) is 0 Å². The third-order valence-electron chi connectivity index (χ3n) is 3.99. The molecule has 112 valence electrons. The lowest BCUT2D eigenvalue weighted by Gasteiger charge is -2.17. The van der Waals surface area contributed by atoms with Gasteiger partial charge in [-0.1, -0.05) is 39.0 Å². The minimum atomic E-state index is 0.572. The number of rotatable bonds is 5. The molecule has 0 aromatic carbocycles. The van der Waals surface area contributed by atoms with Gasteiger partial charge in [0.05, 0.1) is 9.26 Å². The molecule has 4 heteroatoms. The fourth-order valence-electron chi connectivity index (χ4n) is 2.92. The Kier molecular flexibility index (Phi) is 6.52. The quantitative estimate of drug-likeness (QED) is 0.577. The van der Waals surface area contributed by atoms with E-state index in [0.29, 0.717) is 5.92 Å². The fourth-order valence-corrected chi connectivity index (χ4v) is 3.62. The highest BCUT2D eigenvalue weighted by atomic mass is 127. The van der Waals surface area contributed by atoms with Gasteiger partial charge in [-0.2, -0.15) is 0 Å². The molecule has 1 N–H and O–H groups in total. The molecular weight excluding hydrogens is 361 g/mol. The largest absolute Gasteiger partial charge is 0.369 e. The lowest BCUT2D eigenvalue weighted by Crippen LogP contribution is -2.12. The normalized spacial score (nSPS) is 16.9. The molecule has 0 amide bonds. The number of halogens is 1. The molecule has 0 atom stereocenters. The second kappa shape index (κ2) is 8.15. The monoisotopic (exact) mass is 387 g/mol. The van der Waals surface area contributed by atoms with Crippen molar-refractivity contribution in [1.29, 1.82) is 0 Å². The maximum Gasteiger partial charge on any atom is 0.143 e. The van der Waals surface area contributed by atoms with E-state index < -0.39 is 0 Å². The molecule has 3 nitrogen and oxygen atoms in total. The van der Waals surface area contributed by atoms with E-state index in [0.717, 1.165) is 31.0 Å². The Hall–Kier alpha value is -0.390. The molecule has 1 aliphatic rings. The number of aromatic nitrogens is 2. The van der Waals surface area contributed by atoms with Crippen LogP contribution >= 0.6 is 22.6 Å². The smallest absolute Gasteiger partial charge is 0.143 e. The number of nitrogens with zero attached hydrogens (tertiary/aromatic N) is 2. The van der Waals surface area contributed by atoms with Crippen LogP contribution in [-0.2, 0) is 6.42 Å². The van der Waals surface area contributed by atoms with Crippen LogP contribution in [0.5, 0.6) is 0 Å². The summed E-state index contributed by atoms with van der Waals surface area (Å²) < 4.78 is 1.21. The van der Waals surface area contributed by atoms with Crippen molar-refractivity contribution in [3.05, 3.63) is 15.1 Å². The average molecular weight is 387 g/mol. The molecular formula is C16H26IN3. The number of hydrogen-bond donors (Lipinski definition) is 1. The van der Waals surface area contributed by atoms with Gasteiger partial charge in [0.2, 0.25) is 0 Å². The van der Waals surface area contributed by atoms with Gasteiger partial charge < -0.3 is 5.32 Å². The summed E-state index contributed by atoms with van der Waals surface area (Å²) in [6, 6.07) is 0. The first-order chi connectivity index (χ1) is 9.76. The van der Waals surface area contributed by atoms with Crippen LogP contribution in [0.15, 0.2) is 0 Å². The summed E-state index contributed by atoms with van der Waals surface area (Å²) in [5.41, 5.74) is 1.23. The Morgan fingerprint density at radius 1 is 1.10 bits per heavy atom. The topological polar surface area (TPSA) is 37.8 Å². The SMILES string of the molecule is CCCc1nc(C2CCCCCC2)nc(NCC)c1I. The molecule has 1 saturated carbocycles. The maximum atomic E-state index is 4.91. The lowest BCUT2D eigenvalue weighted by molar-refractivity contribution is 0.557. The van der Waals surface area contributed by atoms with Gasteiger partial charge in [0.25, 0.3) is 0 Å². The highest BCUT2D eigenvalue weighted by Gasteiger charge is 2.20. The van der Waals surface area contributed by atoms with Crippen LogP contribution < -0.4 is 5.32 Å². The van der Waals surface area contributed by atoms with Gasteiger partial charge in [-0.15, -0.1) is 0 Å². The van der Waals surface area contributed by atoms with Crippen LogP contribution in [-0.4, -0.2) is 16.5 Å². The number of nitrogens with one attached hydrogen (secondary N) is 1. The Balaban J connectivity index is 2.30. The Morgan fingerprint density at radius 2 is 1.80 bits per heavy atom. The standard InChI is InChI=1S/C16H26IN3/c1-3-9-13-14(17)16(18-4-2)20-15(19-13)12-10-7-5-6-8-11-12/h12H,3-11H2,1-2H3,(H,18,19,20). The maximum absolute atomic E-state index is 4.91. The summed E-state index contributed by atoms with van der Waals surface area (Å²) in [7, 11) is 0. The number of hydrogen-bond acceptors (Lipinski definition) is 3. The Morgan fingerprint density at radius 3 is 2.40 bits per heavy atom. The first-order valence-electron chi connectivity index (χ1n) is 8.06. The van der Waals surface area contributed by atoms with Gasteiger partial charge in [-0.25, -0.2) is 9.97 Å². The molecule has 0 bridgehead atoms. The van der Waals surface area contributed by atoms with Crippen molar-refractivity contribution < 1.29 is 0 Å². The highest BCUT2D eigenvalue weighted by Crippen LogP contribution is 2.32. The molecule has 2 rings (SSSR count). The van der Waals surface area contributed by atoms with Gasteiger partial charge in [0.1, 0.15) is 11.6 Å². The molecule has 1 aliphatic carbocycles. The third kappa shape index (κ3) is 4.06. The van der Waals surface area contributed by atoms with Crippen LogP contribution in [0.2, 0.25) is 0 Å². The number of aryl methyl sites for hydroxylation is 1. The van der Waals surface area contributed by atoms with Crippen LogP contribution in [0, 0.1) is 3.57 Å². The highest BCUT2D eigenvalue weighted by molar-refractivity contribution is 14.1. The molecule has 1 heterocycles. The lowest BCUT2D eigenvalue weighted by atomic mass is 9.99. The predicted octanol–water partition coefficient (Wildman–Crippen LogP) is 4.90. The van der Waals surface area contributed by atoms with E-state index in [2.05, 4.69) is 41.8 Å². The van der Waals surface area contributed by atoms with E-state index in [1.807, 2.05) is 0 Å². The van der Waals surface area contributed by atoms with Crippen molar-refractivity contribution in [3.63, 3.8) is 0 Å². The minimum absolute atomic E-state index is 0.572. The second-order valence-corrected chi connectivity index (χ2v) is 6.74. The van der Waals surface area contributed by atoms with Crippen LogP contribution in [0.4, 0.5) is 5.82 Å². The summed E-state index contributed by atoms with van der Waals surface area (Å²) in [4.78, 5) is 9.75. The summed E-state index contributed by atoms with van der Waals surface area (Å²) in [6.07, 6.45) is 10.1. The van der Waals surface area contributed by atoms with Gasteiger partial charge in [-0.05, 0) is 48.8 Å². The van der Waals surface area contributed by atoms with Crippen molar-refractivity contribution >= 4 is 28.4 Å². The molecule has 1 aromatic rings. The summed E-state index contributed by atoms with van der Waals surface area (Å²) in [5.74, 6) is 2.71. The zero-order valence-electron chi connectivity index (χ0n) is 12.7. The molecule has 20 heavy (non-hydrogen) atoms. The van der Waals surface area contributed by atoms with E-state index in [1.54, 1.807) is 0 Å². The van der Waals surface area contributed by atoms with Crippen LogP contribution in [0.25, 0.3) is 0 Å². The molecule has 1 aromatic heterocycles. The van der Waals surface area contributed by atoms with E-state index in [9.17, 15) is 0 Å². The molecule has 0 unspecified atom stereocenters. The predicted molar refractivity (Wildman–Crippen MR) is 93.4 cm³/mol. The fraction of sp³-hybridized carbons (Fsp3) is 0.750. The Labute approximate surface area is 136 Å². The van der Waals surface area contributed by atoms with Crippen molar-refractivity contribution in [2.24, 2.45) is 0 Å². The Bertz CT molecular complexity index is 399. The summed E-state index contributed by atoms with van der Waals surface area (Å²) >= 11 is 2.40. The van der Waals surface area contributed by atoms with Gasteiger partial charge in [0, 0.05) is 12.5 Å². The molecule has 0 aliphatic heterocycles. The van der Waals surface area contributed by atoms with Crippen molar-refractivity contribution in [2.75, 3.05) is 11.9 Å². The first-order valence-corrected chi connectivity index (χ1v) is 9.14. The summed E-state index contributed by atoms with van der Waals surface area (Å²) in [5, 5.41) is 3.41. The third-order valence-corrected chi connectivity index (χ3v) is 5.12.